The number of alkyl halides is 3. The number of nitrogen functional groups attached to an aromatic ring is 1. The van der Waals surface area contributed by atoms with Crippen LogP contribution in [0.2, 0.25) is 0 Å². The highest BCUT2D eigenvalue weighted by Gasteiger charge is 2.41. The Bertz CT molecular complexity index is 1420. The van der Waals surface area contributed by atoms with E-state index in [-0.39, 0.29) is 43.2 Å². The van der Waals surface area contributed by atoms with Gasteiger partial charge in [0.15, 0.2) is 11.5 Å². The van der Waals surface area contributed by atoms with Gasteiger partial charge in [0.25, 0.3) is 5.91 Å². The van der Waals surface area contributed by atoms with Crippen molar-refractivity contribution in [3.63, 3.8) is 0 Å². The number of nitrogens with zero attached hydrogens (tertiary/aromatic N) is 5. The number of amides is 1. The number of nitrogens with two attached hydrogens (primary N) is 1. The fraction of sp³-hybridized carbons (Fsp3) is 0.320. The van der Waals surface area contributed by atoms with Crippen LogP contribution in [0, 0.1) is 5.92 Å². The SMILES string of the molecule is Cn1ccc(-c2nc(N)c(C(=O)N[C@H]3CC[C@H](C(F)(F)F)CC3)nc2-c2ccc3ncccc3c2)n1. The summed E-state index contributed by atoms with van der Waals surface area (Å²) >= 11 is 0. The van der Waals surface area contributed by atoms with Crippen molar-refractivity contribution in [3.8, 4) is 22.6 Å². The average Bonchev–Trinajstić information content (AvgIpc) is 3.29. The van der Waals surface area contributed by atoms with Gasteiger partial charge in [-0.05, 0) is 49.9 Å². The van der Waals surface area contributed by atoms with Crippen LogP contribution < -0.4 is 11.1 Å². The third-order valence-corrected chi connectivity index (χ3v) is 6.50. The van der Waals surface area contributed by atoms with Crippen molar-refractivity contribution in [2.45, 2.75) is 37.9 Å². The molecule has 3 heterocycles. The maximum Gasteiger partial charge on any atom is 0.391 e. The van der Waals surface area contributed by atoms with Crippen molar-refractivity contribution in [3.05, 3.63) is 54.5 Å². The predicted octanol–water partition coefficient (Wildman–Crippen LogP) is 4.53. The zero-order valence-corrected chi connectivity index (χ0v) is 19.5. The highest BCUT2D eigenvalue weighted by Crippen LogP contribution is 2.38. The van der Waals surface area contributed by atoms with Crippen LogP contribution in [0.15, 0.2) is 48.8 Å². The summed E-state index contributed by atoms with van der Waals surface area (Å²) in [5, 5.41) is 8.10. The highest BCUT2D eigenvalue weighted by atomic mass is 19.4. The molecule has 0 bridgehead atoms. The fourth-order valence-corrected chi connectivity index (χ4v) is 4.58. The lowest BCUT2D eigenvalue weighted by Gasteiger charge is -2.30. The number of hydrogen-bond acceptors (Lipinski definition) is 6. The van der Waals surface area contributed by atoms with Gasteiger partial charge in [0, 0.05) is 36.4 Å². The van der Waals surface area contributed by atoms with E-state index in [9.17, 15) is 18.0 Å². The number of nitrogens with one attached hydrogen (secondary N) is 1. The molecule has 0 radical (unpaired) electrons. The van der Waals surface area contributed by atoms with Crippen molar-refractivity contribution in [1.29, 1.82) is 0 Å². The summed E-state index contributed by atoms with van der Waals surface area (Å²) < 4.78 is 40.6. The van der Waals surface area contributed by atoms with Gasteiger partial charge in [-0.3, -0.25) is 14.5 Å². The van der Waals surface area contributed by atoms with E-state index in [0.717, 1.165) is 10.9 Å². The van der Waals surface area contributed by atoms with Gasteiger partial charge in [0.1, 0.15) is 11.4 Å². The van der Waals surface area contributed by atoms with Crippen LogP contribution in [0.4, 0.5) is 19.0 Å². The Morgan fingerprint density at radius 1 is 1.08 bits per heavy atom. The van der Waals surface area contributed by atoms with Crippen molar-refractivity contribution in [2.75, 3.05) is 5.73 Å². The minimum Gasteiger partial charge on any atom is -0.382 e. The molecule has 5 rings (SSSR count). The summed E-state index contributed by atoms with van der Waals surface area (Å²) in [6.45, 7) is 0. The molecule has 0 saturated heterocycles. The van der Waals surface area contributed by atoms with E-state index in [1.807, 2.05) is 30.3 Å². The third-order valence-electron chi connectivity index (χ3n) is 6.50. The summed E-state index contributed by atoms with van der Waals surface area (Å²) in [5.41, 5.74) is 8.95. The molecule has 1 amide bonds. The van der Waals surface area contributed by atoms with Gasteiger partial charge in [-0.15, -0.1) is 0 Å². The first kappa shape index (κ1) is 23.7. The van der Waals surface area contributed by atoms with Crippen molar-refractivity contribution in [2.24, 2.45) is 13.0 Å². The van der Waals surface area contributed by atoms with Crippen LogP contribution in [0.1, 0.15) is 36.2 Å². The molecule has 3 N–H and O–H groups in total. The number of fused-ring (bicyclic) bond motifs is 1. The van der Waals surface area contributed by atoms with E-state index in [0.29, 0.717) is 22.6 Å². The fourth-order valence-electron chi connectivity index (χ4n) is 4.58. The van der Waals surface area contributed by atoms with Crippen LogP contribution in [0.25, 0.3) is 33.5 Å². The number of anilines is 1. The number of pyridine rings is 1. The number of carbonyl (C=O) groups excluding carboxylic acids is 1. The molecule has 186 valence electrons. The largest absolute Gasteiger partial charge is 0.391 e. The van der Waals surface area contributed by atoms with Crippen LogP contribution >= 0.6 is 0 Å². The Morgan fingerprint density at radius 2 is 1.86 bits per heavy atom. The molecule has 36 heavy (non-hydrogen) atoms. The molecule has 1 aliphatic rings. The Balaban J connectivity index is 1.49. The molecule has 0 spiro atoms. The van der Waals surface area contributed by atoms with Crippen LogP contribution in [0.5, 0.6) is 0 Å². The molecule has 3 aromatic heterocycles. The van der Waals surface area contributed by atoms with E-state index in [2.05, 4.69) is 25.4 Å². The lowest BCUT2D eigenvalue weighted by Crippen LogP contribution is -2.40. The molecular weight excluding hydrogens is 471 g/mol. The number of aryl methyl sites for hydroxylation is 1. The topological polar surface area (TPSA) is 112 Å². The van der Waals surface area contributed by atoms with E-state index in [4.69, 9.17) is 5.73 Å². The molecule has 8 nitrogen and oxygen atoms in total. The summed E-state index contributed by atoms with van der Waals surface area (Å²) in [5.74, 6) is -1.97. The number of benzene rings is 1. The Hall–Kier alpha value is -4.02. The molecule has 0 atom stereocenters. The molecule has 1 fully saturated rings. The maximum atomic E-state index is 13.1. The van der Waals surface area contributed by atoms with Gasteiger partial charge in [0.2, 0.25) is 0 Å². The summed E-state index contributed by atoms with van der Waals surface area (Å²) in [6.07, 6.45) is -0.320. The molecular formula is C25H24F3N7O. The first-order chi connectivity index (χ1) is 17.2. The van der Waals surface area contributed by atoms with E-state index < -0.39 is 18.0 Å². The van der Waals surface area contributed by atoms with Crippen molar-refractivity contribution in [1.82, 2.24) is 30.0 Å². The van der Waals surface area contributed by atoms with Crippen molar-refractivity contribution >= 4 is 22.6 Å². The Labute approximate surface area is 204 Å². The van der Waals surface area contributed by atoms with Gasteiger partial charge in [-0.2, -0.15) is 18.3 Å². The van der Waals surface area contributed by atoms with Gasteiger partial charge >= 0.3 is 6.18 Å². The van der Waals surface area contributed by atoms with Gasteiger partial charge < -0.3 is 11.1 Å². The molecule has 1 saturated carbocycles. The zero-order chi connectivity index (χ0) is 25.4. The molecule has 1 aromatic carbocycles. The standard InChI is InChI=1S/C25H24F3N7O/c1-35-12-10-19(34-35)21-20(15-4-9-18-14(13-15)3-2-11-30-18)32-22(23(29)33-21)24(36)31-17-7-5-16(6-8-17)25(26,27)28/h2-4,9-13,16-17H,5-8H2,1H3,(H2,29,33)(H,31,36)/t16-,17-. The average molecular weight is 496 g/mol. The van der Waals surface area contributed by atoms with E-state index >= 15 is 0 Å². The lowest BCUT2D eigenvalue weighted by atomic mass is 9.85. The Morgan fingerprint density at radius 3 is 2.56 bits per heavy atom. The number of rotatable bonds is 4. The van der Waals surface area contributed by atoms with Crippen LogP contribution in [-0.4, -0.2) is 42.9 Å². The van der Waals surface area contributed by atoms with E-state index in [1.54, 1.807) is 30.2 Å². The molecule has 11 heteroatoms. The first-order valence-corrected chi connectivity index (χ1v) is 11.6. The van der Waals surface area contributed by atoms with Gasteiger partial charge in [-0.1, -0.05) is 12.1 Å². The quantitative estimate of drug-likeness (QED) is 0.430. The van der Waals surface area contributed by atoms with Crippen molar-refractivity contribution < 1.29 is 18.0 Å². The minimum absolute atomic E-state index is 0.0232. The summed E-state index contributed by atoms with van der Waals surface area (Å²) in [6, 6.07) is 10.7. The Kier molecular flexibility index (Phi) is 6.07. The molecule has 4 aromatic rings. The second-order valence-electron chi connectivity index (χ2n) is 9.00. The minimum atomic E-state index is -4.21. The predicted molar refractivity (Wildman–Crippen MR) is 129 cm³/mol. The highest BCUT2D eigenvalue weighted by molar-refractivity contribution is 5.98. The molecule has 0 unspecified atom stereocenters. The second kappa shape index (κ2) is 9.21. The maximum absolute atomic E-state index is 13.1. The van der Waals surface area contributed by atoms with Crippen LogP contribution in [0.3, 0.4) is 0 Å². The second-order valence-corrected chi connectivity index (χ2v) is 9.00. The first-order valence-electron chi connectivity index (χ1n) is 11.6. The number of aromatic nitrogens is 5. The number of halogens is 3. The van der Waals surface area contributed by atoms with Gasteiger partial charge in [0.05, 0.1) is 17.1 Å². The monoisotopic (exact) mass is 495 g/mol. The molecule has 0 aliphatic heterocycles. The summed E-state index contributed by atoms with van der Waals surface area (Å²) in [4.78, 5) is 26.5. The summed E-state index contributed by atoms with van der Waals surface area (Å²) in [7, 11) is 1.77. The van der Waals surface area contributed by atoms with Gasteiger partial charge in [-0.25, -0.2) is 9.97 Å². The smallest absolute Gasteiger partial charge is 0.382 e. The van der Waals surface area contributed by atoms with E-state index in [1.165, 1.54) is 0 Å². The molecule has 1 aliphatic carbocycles. The van der Waals surface area contributed by atoms with Crippen LogP contribution in [-0.2, 0) is 7.05 Å². The third kappa shape index (κ3) is 4.73. The normalized spacial score (nSPS) is 18.3. The zero-order valence-electron chi connectivity index (χ0n) is 19.5. The number of carbonyl (C=O) groups is 1. The lowest BCUT2D eigenvalue weighted by molar-refractivity contribution is -0.182. The number of hydrogen-bond donors (Lipinski definition) is 2.